The second-order valence-corrected chi connectivity index (χ2v) is 5.28. The summed E-state index contributed by atoms with van der Waals surface area (Å²) < 4.78 is 28.0. The van der Waals surface area contributed by atoms with Gasteiger partial charge in [0.25, 0.3) is 0 Å². The van der Waals surface area contributed by atoms with Crippen molar-refractivity contribution in [3.8, 4) is 11.1 Å². The van der Waals surface area contributed by atoms with E-state index >= 15 is 0 Å². The zero-order valence-electron chi connectivity index (χ0n) is 7.78. The second-order valence-electron chi connectivity index (χ2n) is 3.46. The molecule has 0 bridgehead atoms. The molecule has 0 atom stereocenters. The van der Waals surface area contributed by atoms with Crippen molar-refractivity contribution in [1.82, 2.24) is 0 Å². The van der Waals surface area contributed by atoms with E-state index in [1.807, 2.05) is 0 Å². The van der Waals surface area contributed by atoms with Crippen molar-refractivity contribution in [3.05, 3.63) is 48.5 Å². The first kappa shape index (κ1) is 8.92. The van der Waals surface area contributed by atoms with Gasteiger partial charge in [0.05, 0.1) is 9.79 Å². The number of fused-ring (bicyclic) bond motifs is 3. The van der Waals surface area contributed by atoms with E-state index in [2.05, 4.69) is 0 Å². The van der Waals surface area contributed by atoms with Crippen molar-refractivity contribution in [2.45, 2.75) is 9.79 Å². The molecule has 0 N–H and O–H groups in total. The van der Waals surface area contributed by atoms with E-state index in [0.717, 1.165) is 0 Å². The van der Waals surface area contributed by atoms with Crippen LogP contribution in [0, 0.1) is 0 Å². The van der Waals surface area contributed by atoms with E-state index in [1.165, 1.54) is 12.1 Å². The summed E-state index contributed by atoms with van der Waals surface area (Å²) in [5.74, 6) is 0. The fourth-order valence-corrected chi connectivity index (χ4v) is 3.59. The molecule has 76 valence electrons. The highest BCUT2D eigenvalue weighted by atomic mass is 32.3. The Balaban J connectivity index is 2.42. The van der Waals surface area contributed by atoms with Crippen LogP contribution in [0.1, 0.15) is 0 Å². The van der Waals surface area contributed by atoms with Gasteiger partial charge in [-0.05, 0) is 12.1 Å². The molecular weight excluding hydrogens is 214 g/mol. The Morgan fingerprint density at radius 2 is 1.07 bits per heavy atom. The Morgan fingerprint density at radius 1 is 0.667 bits per heavy atom. The lowest BCUT2D eigenvalue weighted by atomic mass is 10.1. The van der Waals surface area contributed by atoms with Gasteiger partial charge in [0.1, 0.15) is 10.8 Å². The van der Waals surface area contributed by atoms with Crippen molar-refractivity contribution < 1.29 is 7.77 Å². The van der Waals surface area contributed by atoms with E-state index in [4.69, 9.17) is 0 Å². The average molecular weight is 222 g/mol. The van der Waals surface area contributed by atoms with Crippen molar-refractivity contribution >= 4 is 10.8 Å². The third-order valence-electron chi connectivity index (χ3n) is 2.62. The standard InChI is InChI=1S/C12H8F2S/c13-15(14)11-7-3-1-5-9(11)10-6-2-4-8-12(10)15/h1-8H. The molecule has 3 heteroatoms. The predicted octanol–water partition coefficient (Wildman–Crippen LogP) is 4.66. The zero-order valence-corrected chi connectivity index (χ0v) is 8.60. The molecule has 1 aliphatic heterocycles. The SMILES string of the molecule is FS1(F)c2ccccc2-c2ccccc21. The van der Waals surface area contributed by atoms with E-state index < -0.39 is 10.8 Å². The summed E-state index contributed by atoms with van der Waals surface area (Å²) >= 11 is 0. The molecule has 3 rings (SSSR count). The van der Waals surface area contributed by atoms with Crippen LogP contribution in [-0.2, 0) is 0 Å². The fraction of sp³-hybridized carbons (Fsp3) is 0. The summed E-state index contributed by atoms with van der Waals surface area (Å²) in [5, 5.41) is 0. The van der Waals surface area contributed by atoms with Crippen LogP contribution >= 0.6 is 10.8 Å². The number of rotatable bonds is 0. The zero-order chi connectivity index (χ0) is 10.5. The maximum Gasteiger partial charge on any atom is 0.115 e. The minimum atomic E-state index is -3.76. The molecule has 1 aliphatic rings. The van der Waals surface area contributed by atoms with Crippen LogP contribution in [0.5, 0.6) is 0 Å². The van der Waals surface area contributed by atoms with Crippen molar-refractivity contribution in [2.75, 3.05) is 0 Å². The van der Waals surface area contributed by atoms with Crippen LogP contribution in [0.4, 0.5) is 7.77 Å². The van der Waals surface area contributed by atoms with Crippen LogP contribution < -0.4 is 0 Å². The minimum absolute atomic E-state index is 0.200. The molecule has 0 nitrogen and oxygen atoms in total. The molecule has 0 saturated carbocycles. The van der Waals surface area contributed by atoms with E-state index in [9.17, 15) is 7.77 Å². The highest BCUT2D eigenvalue weighted by Crippen LogP contribution is 2.73. The Kier molecular flexibility index (Phi) is 1.68. The number of benzene rings is 2. The Labute approximate surface area is 88.5 Å². The lowest BCUT2D eigenvalue weighted by Crippen LogP contribution is -1.81. The van der Waals surface area contributed by atoms with Gasteiger partial charge < -0.3 is 0 Å². The van der Waals surface area contributed by atoms with E-state index in [1.54, 1.807) is 36.4 Å². The van der Waals surface area contributed by atoms with E-state index in [-0.39, 0.29) is 9.79 Å². The topological polar surface area (TPSA) is 0 Å². The van der Waals surface area contributed by atoms with Crippen molar-refractivity contribution in [3.63, 3.8) is 0 Å². The van der Waals surface area contributed by atoms with Crippen LogP contribution in [0.2, 0.25) is 0 Å². The third-order valence-corrected chi connectivity index (χ3v) is 4.43. The Morgan fingerprint density at radius 3 is 1.53 bits per heavy atom. The molecular formula is C12H8F2S. The average Bonchev–Trinajstić information content (AvgIpc) is 2.51. The predicted molar refractivity (Wildman–Crippen MR) is 58.2 cm³/mol. The molecule has 0 fully saturated rings. The van der Waals surface area contributed by atoms with Gasteiger partial charge in [0.2, 0.25) is 0 Å². The molecule has 0 unspecified atom stereocenters. The number of halogens is 2. The quantitative estimate of drug-likeness (QED) is 0.608. The van der Waals surface area contributed by atoms with E-state index in [0.29, 0.717) is 11.1 Å². The maximum atomic E-state index is 14.0. The molecule has 2 aromatic rings. The van der Waals surface area contributed by atoms with Crippen LogP contribution in [0.15, 0.2) is 58.3 Å². The lowest BCUT2D eigenvalue weighted by Gasteiger charge is -2.15. The first-order valence-electron chi connectivity index (χ1n) is 4.62. The third kappa shape index (κ3) is 1.07. The fourth-order valence-electron chi connectivity index (χ4n) is 1.94. The van der Waals surface area contributed by atoms with Gasteiger partial charge in [-0.2, -0.15) is 0 Å². The largest absolute Gasteiger partial charge is 0.148 e. The van der Waals surface area contributed by atoms with Gasteiger partial charge in [-0.1, -0.05) is 36.4 Å². The van der Waals surface area contributed by atoms with Gasteiger partial charge >= 0.3 is 0 Å². The van der Waals surface area contributed by atoms with Crippen LogP contribution in [0.25, 0.3) is 11.1 Å². The van der Waals surface area contributed by atoms with Crippen molar-refractivity contribution in [1.29, 1.82) is 0 Å². The molecule has 0 saturated heterocycles. The molecule has 0 aliphatic carbocycles. The molecule has 0 amide bonds. The van der Waals surface area contributed by atoms with Crippen LogP contribution in [-0.4, -0.2) is 0 Å². The smallest absolute Gasteiger partial charge is 0.115 e. The normalized spacial score (nSPS) is 18.0. The Hall–Kier alpha value is -1.35. The first-order valence-corrected chi connectivity index (χ1v) is 6.06. The maximum absolute atomic E-state index is 14.0. The van der Waals surface area contributed by atoms with Crippen molar-refractivity contribution in [2.24, 2.45) is 0 Å². The van der Waals surface area contributed by atoms with Gasteiger partial charge in [-0.3, -0.25) is 0 Å². The second kappa shape index (κ2) is 2.83. The Bertz CT molecular complexity index is 487. The lowest BCUT2D eigenvalue weighted by molar-refractivity contribution is 0.745. The van der Waals surface area contributed by atoms with Gasteiger partial charge in [-0.25, -0.2) is 0 Å². The summed E-state index contributed by atoms with van der Waals surface area (Å²) in [6.45, 7) is 0. The number of hydrogen-bond donors (Lipinski definition) is 0. The molecule has 0 radical (unpaired) electrons. The summed E-state index contributed by atoms with van der Waals surface area (Å²) in [4.78, 5) is 0.400. The number of hydrogen-bond acceptors (Lipinski definition) is 0. The monoisotopic (exact) mass is 222 g/mol. The van der Waals surface area contributed by atoms with Gasteiger partial charge in [-0.15, -0.1) is 7.77 Å². The van der Waals surface area contributed by atoms with Gasteiger partial charge in [0, 0.05) is 11.1 Å². The molecule has 15 heavy (non-hydrogen) atoms. The summed E-state index contributed by atoms with van der Waals surface area (Å²) in [6.07, 6.45) is 0. The highest BCUT2D eigenvalue weighted by molar-refractivity contribution is 8.25. The minimum Gasteiger partial charge on any atom is -0.148 e. The molecule has 0 aromatic heterocycles. The van der Waals surface area contributed by atoms with Gasteiger partial charge in [0.15, 0.2) is 0 Å². The molecule has 2 aromatic carbocycles. The summed E-state index contributed by atoms with van der Waals surface area (Å²) in [7, 11) is -3.76. The highest BCUT2D eigenvalue weighted by Gasteiger charge is 2.39. The summed E-state index contributed by atoms with van der Waals surface area (Å²) in [5.41, 5.74) is 1.38. The first-order chi connectivity index (χ1) is 7.21. The molecule has 1 heterocycles. The van der Waals surface area contributed by atoms with Crippen LogP contribution in [0.3, 0.4) is 0 Å². The summed E-state index contributed by atoms with van der Waals surface area (Å²) in [6, 6.07) is 13.5. The molecule has 0 spiro atoms.